The van der Waals surface area contributed by atoms with Crippen LogP contribution in [0.25, 0.3) is 0 Å². The van der Waals surface area contributed by atoms with E-state index in [0.29, 0.717) is 19.1 Å². The first-order valence-corrected chi connectivity index (χ1v) is 6.32. The van der Waals surface area contributed by atoms with Gasteiger partial charge in [-0.05, 0) is 49.2 Å². The highest BCUT2D eigenvalue weighted by molar-refractivity contribution is 5.27. The van der Waals surface area contributed by atoms with Crippen LogP contribution >= 0.6 is 0 Å². The first-order valence-electron chi connectivity index (χ1n) is 6.32. The fourth-order valence-electron chi connectivity index (χ4n) is 2.04. The summed E-state index contributed by atoms with van der Waals surface area (Å²) in [5, 5.41) is 0. The highest BCUT2D eigenvalue weighted by Crippen LogP contribution is 2.19. The van der Waals surface area contributed by atoms with Gasteiger partial charge >= 0.3 is 0 Å². The highest BCUT2D eigenvalue weighted by Gasteiger charge is 2.10. The molecule has 0 aliphatic carbocycles. The monoisotopic (exact) mass is 244 g/mol. The van der Waals surface area contributed by atoms with Gasteiger partial charge in [0.1, 0.15) is 5.75 Å². The third-order valence-corrected chi connectivity index (χ3v) is 3.10. The summed E-state index contributed by atoms with van der Waals surface area (Å²) >= 11 is 0. The molecule has 2 aromatic rings. The van der Waals surface area contributed by atoms with Crippen LogP contribution < -0.4 is 10.5 Å². The Morgan fingerprint density at radius 3 is 2.89 bits per heavy atom. The van der Waals surface area contributed by atoms with Crippen molar-refractivity contribution >= 4 is 0 Å². The van der Waals surface area contributed by atoms with Gasteiger partial charge in [0, 0.05) is 18.3 Å². The molecule has 0 saturated heterocycles. The number of aromatic amines is 1. The molecule has 0 aliphatic heterocycles. The average Bonchev–Trinajstić information content (AvgIpc) is 2.88. The number of rotatable bonds is 6. The Balaban J connectivity index is 1.84. The number of nitrogens with one attached hydrogen (secondary N) is 1. The summed E-state index contributed by atoms with van der Waals surface area (Å²) in [6, 6.07) is 10.2. The van der Waals surface area contributed by atoms with Crippen molar-refractivity contribution in [1.82, 2.24) is 4.98 Å². The smallest absolute Gasteiger partial charge is 0.119 e. The SMILES string of the molecule is Cc1cccc(OCCC(CN)c2cc[nH]c2)c1. The van der Waals surface area contributed by atoms with Crippen LogP contribution in [0.15, 0.2) is 42.7 Å². The molecule has 1 heterocycles. The van der Waals surface area contributed by atoms with E-state index in [9.17, 15) is 0 Å². The lowest BCUT2D eigenvalue weighted by Gasteiger charge is -2.14. The lowest BCUT2D eigenvalue weighted by atomic mass is 9.99. The third kappa shape index (κ3) is 3.37. The average molecular weight is 244 g/mol. The maximum Gasteiger partial charge on any atom is 0.119 e. The number of aromatic nitrogens is 1. The molecule has 1 aromatic heterocycles. The van der Waals surface area contributed by atoms with Gasteiger partial charge in [0.2, 0.25) is 0 Å². The van der Waals surface area contributed by atoms with Gasteiger partial charge in [-0.3, -0.25) is 0 Å². The van der Waals surface area contributed by atoms with Crippen molar-refractivity contribution in [2.24, 2.45) is 5.73 Å². The minimum absolute atomic E-state index is 0.362. The minimum Gasteiger partial charge on any atom is -0.494 e. The van der Waals surface area contributed by atoms with E-state index < -0.39 is 0 Å². The summed E-state index contributed by atoms with van der Waals surface area (Å²) < 4.78 is 5.75. The van der Waals surface area contributed by atoms with Crippen LogP contribution in [0, 0.1) is 6.92 Å². The molecule has 0 bridgehead atoms. The van der Waals surface area contributed by atoms with Gasteiger partial charge in [-0.15, -0.1) is 0 Å². The van der Waals surface area contributed by atoms with Crippen molar-refractivity contribution in [3.8, 4) is 5.75 Å². The molecule has 0 aliphatic rings. The van der Waals surface area contributed by atoms with Gasteiger partial charge in [0.15, 0.2) is 0 Å². The Labute approximate surface area is 108 Å². The van der Waals surface area contributed by atoms with Gasteiger partial charge < -0.3 is 15.5 Å². The summed E-state index contributed by atoms with van der Waals surface area (Å²) in [4.78, 5) is 3.06. The molecule has 0 radical (unpaired) electrons. The number of nitrogens with two attached hydrogens (primary N) is 1. The van der Waals surface area contributed by atoms with E-state index >= 15 is 0 Å². The summed E-state index contributed by atoms with van der Waals surface area (Å²) in [7, 11) is 0. The largest absolute Gasteiger partial charge is 0.494 e. The molecule has 3 N–H and O–H groups in total. The molecule has 1 atom stereocenters. The molecule has 96 valence electrons. The highest BCUT2D eigenvalue weighted by atomic mass is 16.5. The van der Waals surface area contributed by atoms with E-state index in [1.54, 1.807) is 0 Å². The van der Waals surface area contributed by atoms with Crippen LogP contribution in [0.1, 0.15) is 23.5 Å². The Morgan fingerprint density at radius 1 is 1.33 bits per heavy atom. The zero-order valence-corrected chi connectivity index (χ0v) is 10.7. The molecule has 1 aromatic carbocycles. The van der Waals surface area contributed by atoms with Crippen molar-refractivity contribution in [2.75, 3.05) is 13.2 Å². The summed E-state index contributed by atoms with van der Waals surface area (Å²) in [6.45, 7) is 3.40. The second-order valence-corrected chi connectivity index (χ2v) is 4.53. The molecule has 1 unspecified atom stereocenters. The fourth-order valence-corrected chi connectivity index (χ4v) is 2.04. The van der Waals surface area contributed by atoms with E-state index in [2.05, 4.69) is 24.0 Å². The maximum absolute atomic E-state index is 5.80. The number of aryl methyl sites for hydroxylation is 1. The maximum atomic E-state index is 5.80. The van der Waals surface area contributed by atoms with E-state index in [1.165, 1.54) is 11.1 Å². The van der Waals surface area contributed by atoms with Crippen LogP contribution in [0.2, 0.25) is 0 Å². The standard InChI is InChI=1S/C15H20N2O/c1-12-3-2-4-15(9-12)18-8-6-13(10-16)14-5-7-17-11-14/h2-5,7,9,11,13,17H,6,8,10,16H2,1H3. The first-order chi connectivity index (χ1) is 8.79. The van der Waals surface area contributed by atoms with Crippen LogP contribution in [-0.2, 0) is 0 Å². The molecule has 0 saturated carbocycles. The van der Waals surface area contributed by atoms with Gasteiger partial charge in [0.05, 0.1) is 6.61 Å². The fraction of sp³-hybridized carbons (Fsp3) is 0.333. The minimum atomic E-state index is 0.362. The Kier molecular flexibility index (Phi) is 4.42. The number of benzene rings is 1. The Hall–Kier alpha value is -1.74. The summed E-state index contributed by atoms with van der Waals surface area (Å²) in [5.74, 6) is 1.29. The van der Waals surface area contributed by atoms with Crippen molar-refractivity contribution in [3.63, 3.8) is 0 Å². The van der Waals surface area contributed by atoms with Crippen LogP contribution in [0.3, 0.4) is 0 Å². The van der Waals surface area contributed by atoms with Crippen molar-refractivity contribution in [1.29, 1.82) is 0 Å². The van der Waals surface area contributed by atoms with Crippen molar-refractivity contribution in [2.45, 2.75) is 19.3 Å². The van der Waals surface area contributed by atoms with Gasteiger partial charge in [-0.2, -0.15) is 0 Å². The van der Waals surface area contributed by atoms with E-state index in [0.717, 1.165) is 12.2 Å². The Morgan fingerprint density at radius 2 is 2.22 bits per heavy atom. The molecular weight excluding hydrogens is 224 g/mol. The van der Waals surface area contributed by atoms with Crippen LogP contribution in [0.4, 0.5) is 0 Å². The second kappa shape index (κ2) is 6.26. The molecule has 0 spiro atoms. The number of ether oxygens (including phenoxy) is 1. The van der Waals surface area contributed by atoms with Crippen LogP contribution in [-0.4, -0.2) is 18.1 Å². The molecular formula is C15H20N2O. The van der Waals surface area contributed by atoms with Gasteiger partial charge in [0.25, 0.3) is 0 Å². The second-order valence-electron chi connectivity index (χ2n) is 4.53. The predicted molar refractivity (Wildman–Crippen MR) is 73.9 cm³/mol. The topological polar surface area (TPSA) is 51.0 Å². The summed E-state index contributed by atoms with van der Waals surface area (Å²) in [5.41, 5.74) is 8.27. The quantitative estimate of drug-likeness (QED) is 0.821. The van der Waals surface area contributed by atoms with Crippen molar-refractivity contribution in [3.05, 3.63) is 53.9 Å². The zero-order valence-electron chi connectivity index (χ0n) is 10.7. The van der Waals surface area contributed by atoms with E-state index in [1.807, 2.05) is 30.6 Å². The molecule has 3 nitrogen and oxygen atoms in total. The number of hydrogen-bond acceptors (Lipinski definition) is 2. The lowest BCUT2D eigenvalue weighted by Crippen LogP contribution is -2.15. The first kappa shape index (κ1) is 12.7. The lowest BCUT2D eigenvalue weighted by molar-refractivity contribution is 0.298. The normalized spacial score (nSPS) is 12.3. The molecule has 2 rings (SSSR count). The summed E-state index contributed by atoms with van der Waals surface area (Å²) in [6.07, 6.45) is 4.87. The molecule has 3 heteroatoms. The van der Waals surface area contributed by atoms with Crippen molar-refractivity contribution < 1.29 is 4.74 Å². The van der Waals surface area contributed by atoms with E-state index in [4.69, 9.17) is 10.5 Å². The van der Waals surface area contributed by atoms with Gasteiger partial charge in [-0.25, -0.2) is 0 Å². The number of hydrogen-bond donors (Lipinski definition) is 2. The molecule has 0 fully saturated rings. The Bertz CT molecular complexity index is 465. The zero-order chi connectivity index (χ0) is 12.8. The van der Waals surface area contributed by atoms with Gasteiger partial charge in [-0.1, -0.05) is 12.1 Å². The van der Waals surface area contributed by atoms with Crippen LogP contribution in [0.5, 0.6) is 5.75 Å². The third-order valence-electron chi connectivity index (χ3n) is 3.10. The van der Waals surface area contributed by atoms with E-state index in [-0.39, 0.29) is 0 Å². The molecule has 18 heavy (non-hydrogen) atoms. The predicted octanol–water partition coefficient (Wildman–Crippen LogP) is 2.83. The molecule has 0 amide bonds. The number of H-pyrrole nitrogens is 1.